The quantitative estimate of drug-likeness (QED) is 0.155. The molecule has 0 aromatic carbocycles. The summed E-state index contributed by atoms with van der Waals surface area (Å²) >= 11 is 0. The van der Waals surface area contributed by atoms with Crippen molar-refractivity contribution >= 4 is 16.6 Å². The predicted molar refractivity (Wildman–Crippen MR) is 137 cm³/mol. The van der Waals surface area contributed by atoms with E-state index in [1.165, 1.54) is 94.1 Å². The second-order valence-corrected chi connectivity index (χ2v) is 17.6. The molecule has 0 spiro atoms. The van der Waals surface area contributed by atoms with E-state index in [9.17, 15) is 0 Å². The van der Waals surface area contributed by atoms with Gasteiger partial charge in [-0.05, 0) is 49.1 Å². The molecule has 0 aromatic heterocycles. The Bertz CT molecular complexity index is 274. The molecule has 0 unspecified atom stereocenters. The Kier molecular flexibility index (Phi) is 19.3. The summed E-state index contributed by atoms with van der Waals surface area (Å²) in [6.07, 6.45) is 14.4. The minimum Gasteiger partial charge on any atom is -0.417 e. The smallest absolute Gasteiger partial charge is 0.192 e. The highest BCUT2D eigenvalue weighted by Crippen LogP contribution is 2.34. The van der Waals surface area contributed by atoms with Crippen molar-refractivity contribution in [3.05, 3.63) is 0 Å². The van der Waals surface area contributed by atoms with Crippen molar-refractivity contribution in [2.45, 2.75) is 148 Å². The van der Waals surface area contributed by atoms with Gasteiger partial charge >= 0.3 is 0 Å². The van der Waals surface area contributed by atoms with E-state index >= 15 is 0 Å². The lowest BCUT2D eigenvalue weighted by atomic mass is 10.4. The molecule has 0 amide bonds. The first kappa shape index (κ1) is 29.4. The first-order valence-electron chi connectivity index (χ1n) is 13.3. The number of unbranched alkanes of at least 4 members (excludes halogenated alkanes) is 4. The van der Waals surface area contributed by atoms with Crippen LogP contribution in [0.5, 0.6) is 0 Å². The third kappa shape index (κ3) is 13.4. The van der Waals surface area contributed by atoms with Gasteiger partial charge in [0.15, 0.2) is 16.6 Å². The molecular weight excluding hydrogens is 388 g/mol. The van der Waals surface area contributed by atoms with Crippen LogP contribution in [0.4, 0.5) is 0 Å². The average molecular weight is 445 g/mol. The topological polar surface area (TPSA) is 18.5 Å². The lowest BCUT2D eigenvalue weighted by molar-refractivity contribution is 0.288. The maximum atomic E-state index is 6.75. The number of rotatable bonds is 22. The monoisotopic (exact) mass is 444 g/mol. The van der Waals surface area contributed by atoms with Gasteiger partial charge in [0.25, 0.3) is 0 Å². The second kappa shape index (κ2) is 19.1. The van der Waals surface area contributed by atoms with Crippen molar-refractivity contribution in [2.24, 2.45) is 0 Å². The molecule has 0 heterocycles. The van der Waals surface area contributed by atoms with Gasteiger partial charge in [-0.3, -0.25) is 0 Å². The van der Waals surface area contributed by atoms with Crippen LogP contribution in [0.15, 0.2) is 0 Å². The summed E-state index contributed by atoms with van der Waals surface area (Å²) in [6.45, 7) is 15.9. The second-order valence-electron chi connectivity index (χ2n) is 9.33. The molecular formula is C25H56O2Si2. The lowest BCUT2D eigenvalue weighted by Gasteiger charge is -2.35. The zero-order valence-corrected chi connectivity index (χ0v) is 23.3. The number of hydrogen-bond donors (Lipinski definition) is 0. The van der Waals surface area contributed by atoms with Crippen LogP contribution in [0.3, 0.4) is 0 Å². The fourth-order valence-electron chi connectivity index (χ4n) is 4.55. The molecule has 0 fully saturated rings. The van der Waals surface area contributed by atoms with E-state index < -0.39 is 16.6 Å². The summed E-state index contributed by atoms with van der Waals surface area (Å²) < 4.78 is 13.5. The van der Waals surface area contributed by atoms with Crippen molar-refractivity contribution in [2.75, 3.05) is 13.2 Å². The van der Waals surface area contributed by atoms with Crippen LogP contribution in [0.25, 0.3) is 0 Å². The Morgan fingerprint density at radius 3 is 0.897 bits per heavy atom. The van der Waals surface area contributed by atoms with Crippen LogP contribution in [-0.4, -0.2) is 29.8 Å². The van der Waals surface area contributed by atoms with Gasteiger partial charge in [-0.1, -0.05) is 99.3 Å². The highest BCUT2D eigenvalue weighted by molar-refractivity contribution is 6.75. The van der Waals surface area contributed by atoms with Gasteiger partial charge < -0.3 is 8.85 Å². The highest BCUT2D eigenvalue weighted by Gasteiger charge is 2.37. The first-order valence-corrected chi connectivity index (χ1v) is 18.4. The van der Waals surface area contributed by atoms with Gasteiger partial charge in [-0.25, -0.2) is 0 Å². The molecule has 2 nitrogen and oxygen atoms in total. The molecule has 0 aromatic rings. The summed E-state index contributed by atoms with van der Waals surface area (Å²) in [5, 5.41) is 0. The first-order chi connectivity index (χ1) is 14.1. The van der Waals surface area contributed by atoms with E-state index in [1.54, 1.807) is 0 Å². The van der Waals surface area contributed by atoms with Crippen LogP contribution in [0.2, 0.25) is 36.3 Å². The van der Waals surface area contributed by atoms with E-state index in [0.717, 1.165) is 26.1 Å². The molecule has 4 heteroatoms. The van der Waals surface area contributed by atoms with Crippen molar-refractivity contribution < 1.29 is 8.85 Å². The summed E-state index contributed by atoms with van der Waals surface area (Å²) in [6, 6.07) is 8.32. The van der Waals surface area contributed by atoms with Crippen LogP contribution >= 0.6 is 0 Å². The predicted octanol–water partition coefficient (Wildman–Crippen LogP) is 9.32. The number of hydrogen-bond acceptors (Lipinski definition) is 2. The Hall–Kier alpha value is 0.354. The maximum Gasteiger partial charge on any atom is 0.192 e. The molecule has 0 aliphatic heterocycles. The van der Waals surface area contributed by atoms with Crippen molar-refractivity contribution in [3.8, 4) is 0 Å². The van der Waals surface area contributed by atoms with Gasteiger partial charge in [0.1, 0.15) is 0 Å². The molecule has 29 heavy (non-hydrogen) atoms. The van der Waals surface area contributed by atoms with E-state index in [0.29, 0.717) is 0 Å². The SMILES string of the molecule is CCCC[Si](CCCC)(CCC[Si](CCCC)(CCCC)OCCC)OCCC. The fraction of sp³-hybridized carbons (Fsp3) is 1.00. The summed E-state index contributed by atoms with van der Waals surface area (Å²) in [5.41, 5.74) is 0. The zero-order valence-electron chi connectivity index (χ0n) is 21.3. The van der Waals surface area contributed by atoms with Crippen molar-refractivity contribution in [1.29, 1.82) is 0 Å². The van der Waals surface area contributed by atoms with Gasteiger partial charge in [0.05, 0.1) is 0 Å². The highest BCUT2D eigenvalue weighted by atomic mass is 28.4. The van der Waals surface area contributed by atoms with E-state index in [-0.39, 0.29) is 0 Å². The van der Waals surface area contributed by atoms with E-state index in [4.69, 9.17) is 8.85 Å². The molecule has 0 saturated carbocycles. The fourth-order valence-corrected chi connectivity index (χ4v) is 14.2. The summed E-state index contributed by atoms with van der Waals surface area (Å²) in [4.78, 5) is 0. The van der Waals surface area contributed by atoms with Gasteiger partial charge in [-0.2, -0.15) is 0 Å². The molecule has 0 radical (unpaired) electrons. The molecule has 0 aliphatic rings. The largest absolute Gasteiger partial charge is 0.417 e. The Balaban J connectivity index is 5.21. The van der Waals surface area contributed by atoms with Crippen LogP contribution in [0, 0.1) is 0 Å². The lowest BCUT2D eigenvalue weighted by Crippen LogP contribution is -2.41. The Morgan fingerprint density at radius 2 is 0.655 bits per heavy atom. The van der Waals surface area contributed by atoms with Crippen molar-refractivity contribution in [3.63, 3.8) is 0 Å². The minimum atomic E-state index is -1.59. The molecule has 0 aliphatic carbocycles. The summed E-state index contributed by atoms with van der Waals surface area (Å²) in [7, 11) is -3.17. The third-order valence-electron chi connectivity index (χ3n) is 6.43. The van der Waals surface area contributed by atoms with Crippen molar-refractivity contribution in [1.82, 2.24) is 0 Å². The molecule has 0 rings (SSSR count). The van der Waals surface area contributed by atoms with Gasteiger partial charge in [0, 0.05) is 13.2 Å². The van der Waals surface area contributed by atoms with Gasteiger partial charge in [0.2, 0.25) is 0 Å². The normalized spacial score (nSPS) is 12.6. The van der Waals surface area contributed by atoms with Crippen LogP contribution in [-0.2, 0) is 8.85 Å². The van der Waals surface area contributed by atoms with E-state index in [1.807, 2.05) is 0 Å². The van der Waals surface area contributed by atoms with E-state index in [2.05, 4.69) is 41.5 Å². The van der Waals surface area contributed by atoms with Crippen LogP contribution < -0.4 is 0 Å². The summed E-state index contributed by atoms with van der Waals surface area (Å²) in [5.74, 6) is 0. The standard InChI is InChI=1S/C25H56O2Si2/c1-7-13-20-28(21-14-8-2,26-18-11-5)24-17-25-29(22-15-9-3,23-16-10-4)27-19-12-6/h7-25H2,1-6H3. The minimum absolute atomic E-state index is 0.986. The van der Waals surface area contributed by atoms with Gasteiger partial charge in [-0.15, -0.1) is 0 Å². The molecule has 0 N–H and O–H groups in total. The van der Waals surface area contributed by atoms with Crippen LogP contribution in [0.1, 0.15) is 112 Å². The zero-order chi connectivity index (χ0) is 21.8. The third-order valence-corrected chi connectivity index (χ3v) is 15.7. The Labute approximate surface area is 187 Å². The molecule has 0 bridgehead atoms. The maximum absolute atomic E-state index is 6.75. The Morgan fingerprint density at radius 1 is 0.379 bits per heavy atom. The molecule has 0 atom stereocenters. The average Bonchev–Trinajstić information content (AvgIpc) is 2.75. The molecule has 176 valence electrons. The molecule has 0 saturated heterocycles.